The Bertz CT molecular complexity index is 711. The molecule has 0 atom stereocenters. The minimum absolute atomic E-state index is 0.0730. The van der Waals surface area contributed by atoms with Crippen molar-refractivity contribution in [2.45, 2.75) is 6.92 Å². The summed E-state index contributed by atoms with van der Waals surface area (Å²) in [6.07, 6.45) is 0. The molecule has 8 heteroatoms. The van der Waals surface area contributed by atoms with Crippen molar-refractivity contribution in [3.63, 3.8) is 0 Å². The lowest BCUT2D eigenvalue weighted by Crippen LogP contribution is -1.98. The summed E-state index contributed by atoms with van der Waals surface area (Å²) in [6, 6.07) is 12.2. The van der Waals surface area contributed by atoms with Crippen molar-refractivity contribution in [1.82, 2.24) is 0 Å². The Kier molecular flexibility index (Phi) is 4.42. The number of benzene rings is 2. The van der Waals surface area contributed by atoms with E-state index in [1.807, 2.05) is 30.3 Å². The van der Waals surface area contributed by atoms with E-state index in [-0.39, 0.29) is 5.75 Å². The smallest absolute Gasteiger partial charge is 0.280 e. The van der Waals surface area contributed by atoms with Gasteiger partial charge in [-0.25, -0.2) is 0 Å². The van der Waals surface area contributed by atoms with E-state index >= 15 is 0 Å². The quantitative estimate of drug-likeness (QED) is 0.478. The topological polar surface area (TPSA) is 108 Å². The van der Waals surface area contributed by atoms with Crippen LogP contribution in [0.4, 0.5) is 11.4 Å². The van der Waals surface area contributed by atoms with Gasteiger partial charge in [-0.1, -0.05) is 35.5 Å². The lowest BCUT2D eigenvalue weighted by atomic mass is 10.1. The molecule has 0 saturated heterocycles. The fourth-order valence-electron chi connectivity index (χ4n) is 1.68. The molecular weight excluding hydrogens is 290 g/mol. The molecule has 0 saturated carbocycles. The molecule has 0 aliphatic carbocycles. The maximum absolute atomic E-state index is 10.8. The summed E-state index contributed by atoms with van der Waals surface area (Å²) in [5, 5.41) is 25.4. The van der Waals surface area contributed by atoms with Crippen molar-refractivity contribution in [2.75, 3.05) is 0 Å². The van der Waals surface area contributed by atoms with Gasteiger partial charge >= 0.3 is 0 Å². The number of rotatable bonds is 5. The van der Waals surface area contributed by atoms with Gasteiger partial charge in [-0.2, -0.15) is 0 Å². The fourth-order valence-corrected chi connectivity index (χ4v) is 1.68. The van der Waals surface area contributed by atoms with E-state index in [1.165, 1.54) is 0 Å². The molecule has 0 radical (unpaired) electrons. The molecule has 0 amide bonds. The summed E-state index contributed by atoms with van der Waals surface area (Å²) < 4.78 is 0. The fraction of sp³-hybridized carbons (Fsp3) is 0.0714. The molecule has 0 aromatic heterocycles. The highest BCUT2D eigenvalue weighted by Crippen LogP contribution is 2.27. The first-order valence-electron chi connectivity index (χ1n) is 6.18. The van der Waals surface area contributed by atoms with E-state index in [2.05, 4.69) is 5.16 Å². The number of hydrogen-bond donors (Lipinski definition) is 0. The minimum Gasteiger partial charge on any atom is -0.356 e. The summed E-state index contributed by atoms with van der Waals surface area (Å²) >= 11 is 0. The van der Waals surface area contributed by atoms with E-state index in [9.17, 15) is 20.2 Å². The first kappa shape index (κ1) is 15.1. The van der Waals surface area contributed by atoms with Gasteiger partial charge in [0.2, 0.25) is 0 Å². The Labute approximate surface area is 124 Å². The predicted octanol–water partition coefficient (Wildman–Crippen LogP) is 3.31. The van der Waals surface area contributed by atoms with E-state index in [1.54, 1.807) is 6.92 Å². The first-order valence-corrected chi connectivity index (χ1v) is 6.18. The van der Waals surface area contributed by atoms with Gasteiger partial charge in [0.25, 0.3) is 11.4 Å². The van der Waals surface area contributed by atoms with Crippen molar-refractivity contribution < 1.29 is 14.7 Å². The predicted molar refractivity (Wildman–Crippen MR) is 79.0 cm³/mol. The highest BCUT2D eigenvalue weighted by Gasteiger charge is 2.17. The second-order valence-electron chi connectivity index (χ2n) is 4.33. The molecule has 0 unspecified atom stereocenters. The van der Waals surface area contributed by atoms with E-state index in [0.717, 1.165) is 23.8 Å². The van der Waals surface area contributed by atoms with Crippen molar-refractivity contribution >= 4 is 17.1 Å². The van der Waals surface area contributed by atoms with Gasteiger partial charge in [-0.15, -0.1) is 0 Å². The maximum atomic E-state index is 10.8. The van der Waals surface area contributed by atoms with Crippen LogP contribution >= 0.6 is 0 Å². The summed E-state index contributed by atoms with van der Waals surface area (Å²) in [6.45, 7) is 1.70. The zero-order valence-corrected chi connectivity index (χ0v) is 11.5. The van der Waals surface area contributed by atoms with Crippen molar-refractivity contribution in [1.29, 1.82) is 0 Å². The van der Waals surface area contributed by atoms with Gasteiger partial charge < -0.3 is 4.84 Å². The van der Waals surface area contributed by atoms with Crippen LogP contribution in [0, 0.1) is 20.2 Å². The highest BCUT2D eigenvalue weighted by atomic mass is 16.6. The summed E-state index contributed by atoms with van der Waals surface area (Å²) in [5.74, 6) is -0.0730. The molecule has 0 spiro atoms. The number of non-ortho nitro benzene ring substituents is 2. The van der Waals surface area contributed by atoms with E-state index in [4.69, 9.17) is 4.84 Å². The monoisotopic (exact) mass is 301 g/mol. The normalized spacial score (nSPS) is 11.0. The van der Waals surface area contributed by atoms with E-state index in [0.29, 0.717) is 5.71 Å². The van der Waals surface area contributed by atoms with Crippen LogP contribution in [0.2, 0.25) is 0 Å². The average molecular weight is 301 g/mol. The molecule has 0 N–H and O–H groups in total. The van der Waals surface area contributed by atoms with Crippen LogP contribution < -0.4 is 4.84 Å². The van der Waals surface area contributed by atoms with Crippen LogP contribution in [0.25, 0.3) is 0 Å². The van der Waals surface area contributed by atoms with Gasteiger partial charge in [-0.3, -0.25) is 20.2 Å². The van der Waals surface area contributed by atoms with Crippen molar-refractivity contribution in [3.05, 3.63) is 74.3 Å². The standard InChI is InChI=1S/C14H11N3O5/c1-10(11-5-3-2-4-6-11)15-22-14-8-12(16(18)19)7-13(9-14)17(20)21/h2-9H,1H3. The molecule has 0 fully saturated rings. The molecule has 2 aromatic rings. The van der Waals surface area contributed by atoms with Gasteiger partial charge in [0.1, 0.15) is 0 Å². The highest BCUT2D eigenvalue weighted by molar-refractivity contribution is 5.98. The molecule has 8 nitrogen and oxygen atoms in total. The molecule has 0 heterocycles. The molecule has 2 aromatic carbocycles. The molecule has 22 heavy (non-hydrogen) atoms. The Morgan fingerprint density at radius 1 is 1.00 bits per heavy atom. The number of nitro benzene ring substituents is 2. The van der Waals surface area contributed by atoms with Gasteiger partial charge in [0, 0.05) is 0 Å². The Balaban J connectivity index is 2.29. The van der Waals surface area contributed by atoms with Crippen LogP contribution in [0.1, 0.15) is 12.5 Å². The largest absolute Gasteiger partial charge is 0.356 e. The van der Waals surface area contributed by atoms with Gasteiger partial charge in [0.05, 0.1) is 33.8 Å². The zero-order chi connectivity index (χ0) is 16.1. The first-order chi connectivity index (χ1) is 10.5. The Hall–Kier alpha value is -3.29. The van der Waals surface area contributed by atoms with Crippen LogP contribution in [0.5, 0.6) is 5.75 Å². The van der Waals surface area contributed by atoms with Crippen LogP contribution in [-0.2, 0) is 0 Å². The summed E-state index contributed by atoms with van der Waals surface area (Å²) in [4.78, 5) is 25.2. The number of oxime groups is 1. The summed E-state index contributed by atoms with van der Waals surface area (Å²) in [5.41, 5.74) is 0.478. The molecule has 0 bridgehead atoms. The average Bonchev–Trinajstić information content (AvgIpc) is 2.53. The number of nitrogens with zero attached hydrogens (tertiary/aromatic N) is 3. The SMILES string of the molecule is CC(=NOc1cc([N+](=O)[O-])cc([N+](=O)[O-])c1)c1ccccc1. The molecule has 2 rings (SSSR count). The van der Waals surface area contributed by atoms with Gasteiger partial charge in [0.15, 0.2) is 5.75 Å². The minimum atomic E-state index is -0.729. The number of nitro groups is 2. The third-order valence-corrected chi connectivity index (χ3v) is 2.78. The Morgan fingerprint density at radius 3 is 2.05 bits per heavy atom. The van der Waals surface area contributed by atoms with Crippen LogP contribution in [0.15, 0.2) is 53.7 Å². The third-order valence-electron chi connectivity index (χ3n) is 2.78. The van der Waals surface area contributed by atoms with Crippen LogP contribution in [0.3, 0.4) is 0 Å². The third kappa shape index (κ3) is 3.63. The zero-order valence-electron chi connectivity index (χ0n) is 11.5. The summed E-state index contributed by atoms with van der Waals surface area (Å²) in [7, 11) is 0. The second kappa shape index (κ2) is 6.44. The molecule has 112 valence electrons. The molecular formula is C14H11N3O5. The van der Waals surface area contributed by atoms with Gasteiger partial charge in [-0.05, 0) is 12.5 Å². The lowest BCUT2D eigenvalue weighted by molar-refractivity contribution is -0.394. The number of hydrogen-bond acceptors (Lipinski definition) is 6. The molecule has 0 aliphatic heterocycles. The van der Waals surface area contributed by atoms with Crippen molar-refractivity contribution in [3.8, 4) is 5.75 Å². The van der Waals surface area contributed by atoms with Crippen LogP contribution in [-0.4, -0.2) is 15.6 Å². The van der Waals surface area contributed by atoms with Crippen molar-refractivity contribution in [2.24, 2.45) is 5.16 Å². The Morgan fingerprint density at radius 2 is 1.55 bits per heavy atom. The maximum Gasteiger partial charge on any atom is 0.280 e. The van der Waals surface area contributed by atoms with E-state index < -0.39 is 21.2 Å². The second-order valence-corrected chi connectivity index (χ2v) is 4.33. The lowest BCUT2D eigenvalue weighted by Gasteiger charge is -2.02. The molecule has 0 aliphatic rings.